The van der Waals surface area contributed by atoms with Gasteiger partial charge in [-0.25, -0.2) is 9.37 Å². The third kappa shape index (κ3) is 5.00. The lowest BCUT2D eigenvalue weighted by molar-refractivity contribution is 0.297. The van der Waals surface area contributed by atoms with E-state index in [0.717, 1.165) is 11.3 Å². The van der Waals surface area contributed by atoms with E-state index in [-0.39, 0.29) is 12.5 Å². The van der Waals surface area contributed by atoms with Gasteiger partial charge in [0.25, 0.3) is 0 Å². The summed E-state index contributed by atoms with van der Waals surface area (Å²) in [6.07, 6.45) is 0.434. The number of rotatable bonds is 6. The van der Waals surface area contributed by atoms with Crippen LogP contribution in [0.3, 0.4) is 0 Å². The molecule has 0 unspecified atom stereocenters. The SMILES string of the molecule is COC(=N)c1cccc(Cc2cc(Cl)ccc2OCc2ccc(Cl)cc2F)n1. The Morgan fingerprint density at radius 1 is 1.04 bits per heavy atom. The monoisotopic (exact) mass is 418 g/mol. The van der Waals surface area contributed by atoms with Gasteiger partial charge in [0.2, 0.25) is 5.90 Å². The molecule has 1 N–H and O–H groups in total. The van der Waals surface area contributed by atoms with Gasteiger partial charge in [-0.1, -0.05) is 35.3 Å². The van der Waals surface area contributed by atoms with Crippen molar-refractivity contribution in [3.63, 3.8) is 0 Å². The van der Waals surface area contributed by atoms with E-state index in [4.69, 9.17) is 38.1 Å². The molecule has 0 spiro atoms. The van der Waals surface area contributed by atoms with Crippen LogP contribution in [0.4, 0.5) is 4.39 Å². The van der Waals surface area contributed by atoms with E-state index in [0.29, 0.717) is 33.5 Å². The highest BCUT2D eigenvalue weighted by Crippen LogP contribution is 2.27. The van der Waals surface area contributed by atoms with Crippen molar-refractivity contribution < 1.29 is 13.9 Å². The lowest BCUT2D eigenvalue weighted by atomic mass is 10.1. The molecule has 0 saturated carbocycles. The molecule has 0 fully saturated rings. The van der Waals surface area contributed by atoms with Gasteiger partial charge in [0.1, 0.15) is 23.9 Å². The number of pyridine rings is 1. The van der Waals surface area contributed by atoms with Gasteiger partial charge in [-0.05, 0) is 42.5 Å². The normalized spacial score (nSPS) is 10.6. The Balaban J connectivity index is 1.82. The third-order valence-corrected chi connectivity index (χ3v) is 4.51. The fourth-order valence-electron chi connectivity index (χ4n) is 2.63. The van der Waals surface area contributed by atoms with Crippen LogP contribution in [-0.2, 0) is 17.8 Å². The number of ether oxygens (including phenoxy) is 2. The van der Waals surface area contributed by atoms with E-state index in [1.807, 2.05) is 6.07 Å². The molecule has 7 heteroatoms. The third-order valence-electron chi connectivity index (χ3n) is 4.04. The predicted molar refractivity (Wildman–Crippen MR) is 108 cm³/mol. The molecule has 0 aliphatic heterocycles. The van der Waals surface area contributed by atoms with Crippen molar-refractivity contribution in [3.8, 4) is 5.75 Å². The molecular weight excluding hydrogens is 402 g/mol. The Bertz CT molecular complexity index is 1010. The van der Waals surface area contributed by atoms with Gasteiger partial charge in [0.15, 0.2) is 0 Å². The minimum Gasteiger partial charge on any atom is -0.489 e. The highest BCUT2D eigenvalue weighted by Gasteiger charge is 2.11. The fourth-order valence-corrected chi connectivity index (χ4v) is 2.98. The first kappa shape index (κ1) is 20.1. The van der Waals surface area contributed by atoms with Crippen molar-refractivity contribution >= 4 is 29.1 Å². The highest BCUT2D eigenvalue weighted by molar-refractivity contribution is 6.30. The van der Waals surface area contributed by atoms with Crippen LogP contribution in [0.1, 0.15) is 22.5 Å². The second-order valence-corrected chi connectivity index (χ2v) is 6.87. The molecule has 144 valence electrons. The van der Waals surface area contributed by atoms with Crippen molar-refractivity contribution in [3.05, 3.63) is 93.0 Å². The molecule has 1 heterocycles. The van der Waals surface area contributed by atoms with Crippen molar-refractivity contribution in [1.29, 1.82) is 5.41 Å². The zero-order valence-corrected chi connectivity index (χ0v) is 16.5. The second kappa shape index (κ2) is 9.04. The lowest BCUT2D eigenvalue weighted by Gasteiger charge is -2.13. The molecule has 0 aliphatic carbocycles. The first-order chi connectivity index (χ1) is 13.5. The zero-order valence-electron chi connectivity index (χ0n) is 15.0. The Hall–Kier alpha value is -2.63. The Morgan fingerprint density at radius 2 is 1.79 bits per heavy atom. The summed E-state index contributed by atoms with van der Waals surface area (Å²) in [6.45, 7) is 0.0550. The lowest BCUT2D eigenvalue weighted by Crippen LogP contribution is -2.07. The molecule has 0 amide bonds. The van der Waals surface area contributed by atoms with Gasteiger partial charge in [-0.2, -0.15) is 0 Å². The predicted octanol–water partition coefficient (Wildman–Crippen LogP) is 5.67. The minimum atomic E-state index is -0.421. The molecule has 1 aromatic heterocycles. The number of methoxy groups -OCH3 is 1. The summed E-state index contributed by atoms with van der Waals surface area (Å²) in [5.41, 5.74) is 2.37. The number of benzene rings is 2. The Labute approximate surface area is 172 Å². The van der Waals surface area contributed by atoms with Crippen molar-refractivity contribution in [2.45, 2.75) is 13.0 Å². The van der Waals surface area contributed by atoms with Gasteiger partial charge in [-0.15, -0.1) is 0 Å². The first-order valence-electron chi connectivity index (χ1n) is 8.40. The molecule has 0 saturated heterocycles. The van der Waals surface area contributed by atoms with E-state index in [1.165, 1.54) is 13.2 Å². The van der Waals surface area contributed by atoms with Crippen LogP contribution in [0.2, 0.25) is 10.0 Å². The summed E-state index contributed by atoms with van der Waals surface area (Å²) in [5, 5.41) is 8.64. The summed E-state index contributed by atoms with van der Waals surface area (Å²) >= 11 is 11.9. The van der Waals surface area contributed by atoms with Crippen LogP contribution in [-0.4, -0.2) is 18.0 Å². The molecule has 28 heavy (non-hydrogen) atoms. The number of hydrogen-bond donors (Lipinski definition) is 1. The van der Waals surface area contributed by atoms with E-state index in [1.54, 1.807) is 42.5 Å². The molecule has 4 nitrogen and oxygen atoms in total. The quantitative estimate of drug-likeness (QED) is 0.414. The molecule has 0 aliphatic rings. The molecule has 0 bridgehead atoms. The average molecular weight is 419 g/mol. The van der Waals surface area contributed by atoms with Crippen molar-refractivity contribution in [1.82, 2.24) is 4.98 Å². The average Bonchev–Trinajstić information content (AvgIpc) is 2.68. The molecular formula is C21H17Cl2FN2O2. The van der Waals surface area contributed by atoms with Crippen LogP contribution in [0.5, 0.6) is 5.75 Å². The number of hydrogen-bond acceptors (Lipinski definition) is 4. The molecule has 0 atom stereocenters. The van der Waals surface area contributed by atoms with Crippen molar-refractivity contribution in [2.75, 3.05) is 7.11 Å². The first-order valence-corrected chi connectivity index (χ1v) is 9.16. The number of aromatic nitrogens is 1. The number of nitrogens with zero attached hydrogens (tertiary/aromatic N) is 1. The standard InChI is InChI=1S/C21H17Cl2FN2O2/c1-27-21(25)19-4-2-3-17(26-19)10-14-9-15(22)7-8-20(14)28-12-13-5-6-16(23)11-18(13)24/h2-9,11,25H,10,12H2,1H3. The van der Waals surface area contributed by atoms with Gasteiger partial charge in [-0.3, -0.25) is 5.41 Å². The Kier molecular flexibility index (Phi) is 6.49. The zero-order chi connectivity index (χ0) is 20.1. The van der Waals surface area contributed by atoms with E-state index in [2.05, 4.69) is 4.98 Å². The van der Waals surface area contributed by atoms with E-state index >= 15 is 0 Å². The maximum Gasteiger partial charge on any atom is 0.232 e. The van der Waals surface area contributed by atoms with Gasteiger partial charge < -0.3 is 9.47 Å². The van der Waals surface area contributed by atoms with E-state index in [9.17, 15) is 4.39 Å². The van der Waals surface area contributed by atoms with Crippen LogP contribution in [0.25, 0.3) is 0 Å². The summed E-state index contributed by atoms with van der Waals surface area (Å²) < 4.78 is 24.7. The molecule has 3 rings (SSSR count). The van der Waals surface area contributed by atoms with Crippen LogP contribution in [0, 0.1) is 11.2 Å². The van der Waals surface area contributed by atoms with Gasteiger partial charge in [0.05, 0.1) is 7.11 Å². The van der Waals surface area contributed by atoms with Crippen LogP contribution in [0.15, 0.2) is 54.6 Å². The molecule has 0 radical (unpaired) electrons. The maximum absolute atomic E-state index is 14.0. The topological polar surface area (TPSA) is 55.2 Å². The van der Waals surface area contributed by atoms with Crippen LogP contribution >= 0.6 is 23.2 Å². The second-order valence-electron chi connectivity index (χ2n) is 6.00. The van der Waals surface area contributed by atoms with E-state index < -0.39 is 5.82 Å². The fraction of sp³-hybridized carbons (Fsp3) is 0.143. The minimum absolute atomic E-state index is 0.0115. The smallest absolute Gasteiger partial charge is 0.232 e. The van der Waals surface area contributed by atoms with Crippen LogP contribution < -0.4 is 4.74 Å². The molecule has 2 aromatic carbocycles. The largest absolute Gasteiger partial charge is 0.489 e. The molecule has 3 aromatic rings. The summed E-state index contributed by atoms with van der Waals surface area (Å²) in [5.74, 6) is 0.144. The summed E-state index contributed by atoms with van der Waals surface area (Å²) in [6, 6.07) is 15.0. The maximum atomic E-state index is 14.0. The highest BCUT2D eigenvalue weighted by atomic mass is 35.5. The Morgan fingerprint density at radius 3 is 2.54 bits per heavy atom. The van der Waals surface area contributed by atoms with Gasteiger partial charge in [0, 0.05) is 33.3 Å². The summed E-state index contributed by atoms with van der Waals surface area (Å²) in [7, 11) is 1.43. The van der Waals surface area contributed by atoms with Crippen molar-refractivity contribution in [2.24, 2.45) is 0 Å². The summed E-state index contributed by atoms with van der Waals surface area (Å²) in [4.78, 5) is 4.43. The number of nitrogens with one attached hydrogen (secondary N) is 1. The van der Waals surface area contributed by atoms with Gasteiger partial charge >= 0.3 is 0 Å². The number of halogens is 3.